The van der Waals surface area contributed by atoms with Crippen molar-refractivity contribution in [2.45, 2.75) is 24.8 Å². The minimum absolute atomic E-state index is 0.00243. The first kappa shape index (κ1) is 14.4. The van der Waals surface area contributed by atoms with Gasteiger partial charge in [0.2, 0.25) is 0 Å². The lowest BCUT2D eigenvalue weighted by molar-refractivity contribution is 0.0690. The second-order valence-electron chi connectivity index (χ2n) is 4.71. The van der Waals surface area contributed by atoms with Crippen molar-refractivity contribution >= 4 is 23.6 Å². The van der Waals surface area contributed by atoms with E-state index >= 15 is 0 Å². The van der Waals surface area contributed by atoms with Gasteiger partial charge in [-0.05, 0) is 19.3 Å². The van der Waals surface area contributed by atoms with Gasteiger partial charge in [-0.15, -0.1) is 0 Å². The number of aromatic nitrogens is 2. The van der Waals surface area contributed by atoms with Crippen LogP contribution in [0.4, 0.5) is 4.79 Å². The summed E-state index contributed by atoms with van der Waals surface area (Å²) >= 11 is 5.58. The van der Waals surface area contributed by atoms with Crippen LogP contribution in [0.15, 0.2) is 17.8 Å². The molecular formula is C12H15ClN4O3. The zero-order valence-corrected chi connectivity index (χ0v) is 11.5. The van der Waals surface area contributed by atoms with E-state index in [0.29, 0.717) is 23.7 Å². The number of nitrogens with zero attached hydrogens (tertiary/aromatic N) is 1. The van der Waals surface area contributed by atoms with Crippen LogP contribution >= 0.6 is 11.6 Å². The summed E-state index contributed by atoms with van der Waals surface area (Å²) in [7, 11) is 0. The number of imidazole rings is 1. The number of carboxylic acids is 1. The van der Waals surface area contributed by atoms with E-state index in [9.17, 15) is 9.59 Å². The number of carbonyl (C=O) groups excluding carboxylic acids is 1. The van der Waals surface area contributed by atoms with E-state index in [1.165, 1.54) is 6.20 Å². The summed E-state index contributed by atoms with van der Waals surface area (Å²) in [6, 6.07) is -0.389. The third-order valence-corrected chi connectivity index (χ3v) is 3.39. The lowest BCUT2D eigenvalue weighted by Gasteiger charge is -2.40. The summed E-state index contributed by atoms with van der Waals surface area (Å²) in [6.07, 6.45) is 3.59. The number of urea groups is 1. The number of carboxylic acid groups (broad SMARTS) is 1. The smallest absolute Gasteiger partial charge is 0.353 e. The molecule has 4 N–H and O–H groups in total. The van der Waals surface area contributed by atoms with Gasteiger partial charge in [-0.25, -0.2) is 14.6 Å². The number of aromatic amines is 1. The molecule has 0 radical (unpaired) electrons. The van der Waals surface area contributed by atoms with E-state index in [1.807, 2.05) is 0 Å². The topological polar surface area (TPSA) is 107 Å². The lowest BCUT2D eigenvalue weighted by atomic mass is 9.76. The maximum absolute atomic E-state index is 11.8. The van der Waals surface area contributed by atoms with E-state index in [0.717, 1.165) is 6.42 Å². The molecule has 1 aliphatic carbocycles. The SMILES string of the molecule is C=C(Cl)CNC(=O)NC1(c2ncc(C(=O)O)[nH]2)CCC1. The molecule has 20 heavy (non-hydrogen) atoms. The van der Waals surface area contributed by atoms with Crippen molar-refractivity contribution in [3.8, 4) is 0 Å². The molecule has 1 aromatic rings. The van der Waals surface area contributed by atoms with Crippen molar-refractivity contribution in [3.05, 3.63) is 29.3 Å². The zero-order valence-electron chi connectivity index (χ0n) is 10.7. The van der Waals surface area contributed by atoms with Crippen molar-refractivity contribution < 1.29 is 14.7 Å². The summed E-state index contributed by atoms with van der Waals surface area (Å²) in [5.74, 6) is -0.623. The summed E-state index contributed by atoms with van der Waals surface area (Å²) in [4.78, 5) is 29.4. The molecule has 0 saturated heterocycles. The molecule has 1 aliphatic rings. The van der Waals surface area contributed by atoms with Crippen LogP contribution in [0.25, 0.3) is 0 Å². The highest BCUT2D eigenvalue weighted by molar-refractivity contribution is 6.29. The van der Waals surface area contributed by atoms with Crippen LogP contribution in [0.1, 0.15) is 35.6 Å². The molecule has 1 aromatic heterocycles. The standard InChI is InChI=1S/C12H15ClN4O3/c1-7(13)5-15-11(20)17-12(3-2-4-12)10-14-6-8(16-10)9(18)19/h6H,1-5H2,(H,14,16)(H,18,19)(H2,15,17,20). The highest BCUT2D eigenvalue weighted by Gasteiger charge is 2.42. The van der Waals surface area contributed by atoms with Gasteiger partial charge in [-0.3, -0.25) is 0 Å². The molecule has 7 nitrogen and oxygen atoms in total. The number of aromatic carboxylic acids is 1. The summed E-state index contributed by atoms with van der Waals surface area (Å²) in [6.45, 7) is 3.65. The predicted molar refractivity (Wildman–Crippen MR) is 72.6 cm³/mol. The number of amides is 2. The quantitative estimate of drug-likeness (QED) is 0.661. The third kappa shape index (κ3) is 2.93. The second-order valence-corrected chi connectivity index (χ2v) is 5.25. The highest BCUT2D eigenvalue weighted by atomic mass is 35.5. The van der Waals surface area contributed by atoms with Gasteiger partial charge in [0.25, 0.3) is 0 Å². The molecule has 1 fully saturated rings. The average Bonchev–Trinajstić information content (AvgIpc) is 2.81. The van der Waals surface area contributed by atoms with Crippen LogP contribution in [-0.4, -0.2) is 33.6 Å². The van der Waals surface area contributed by atoms with E-state index in [4.69, 9.17) is 16.7 Å². The molecule has 0 unspecified atom stereocenters. The molecule has 8 heteroatoms. The number of halogens is 1. The molecular weight excluding hydrogens is 284 g/mol. The van der Waals surface area contributed by atoms with Gasteiger partial charge in [0, 0.05) is 5.03 Å². The van der Waals surface area contributed by atoms with Crippen LogP contribution in [0, 0.1) is 0 Å². The molecule has 108 valence electrons. The molecule has 2 rings (SSSR count). The Kier molecular flexibility index (Phi) is 3.99. The Hall–Kier alpha value is -2.02. The van der Waals surface area contributed by atoms with Crippen molar-refractivity contribution in [1.82, 2.24) is 20.6 Å². The van der Waals surface area contributed by atoms with Crippen LogP contribution in [-0.2, 0) is 5.54 Å². The van der Waals surface area contributed by atoms with Crippen molar-refractivity contribution in [1.29, 1.82) is 0 Å². The zero-order chi connectivity index (χ0) is 14.8. The van der Waals surface area contributed by atoms with Crippen molar-refractivity contribution in [3.63, 3.8) is 0 Å². The number of nitrogens with one attached hydrogen (secondary N) is 3. The first-order chi connectivity index (χ1) is 9.43. The Morgan fingerprint density at radius 3 is 2.70 bits per heavy atom. The van der Waals surface area contributed by atoms with E-state index in [1.54, 1.807) is 0 Å². The minimum atomic E-state index is -1.08. The molecule has 1 saturated carbocycles. The Bertz CT molecular complexity index is 551. The van der Waals surface area contributed by atoms with Gasteiger partial charge in [-0.1, -0.05) is 18.2 Å². The van der Waals surface area contributed by atoms with Crippen LogP contribution < -0.4 is 10.6 Å². The van der Waals surface area contributed by atoms with Gasteiger partial charge in [0.05, 0.1) is 18.3 Å². The average molecular weight is 299 g/mol. The van der Waals surface area contributed by atoms with Crippen molar-refractivity contribution in [2.75, 3.05) is 6.54 Å². The molecule has 0 spiro atoms. The van der Waals surface area contributed by atoms with Crippen molar-refractivity contribution in [2.24, 2.45) is 0 Å². The number of hydrogen-bond donors (Lipinski definition) is 4. The Morgan fingerprint density at radius 2 is 2.25 bits per heavy atom. The van der Waals surface area contributed by atoms with Gasteiger partial charge in [0.15, 0.2) is 0 Å². The van der Waals surface area contributed by atoms with Gasteiger partial charge in [0.1, 0.15) is 11.5 Å². The van der Waals surface area contributed by atoms with Gasteiger partial charge >= 0.3 is 12.0 Å². The first-order valence-corrected chi connectivity index (χ1v) is 6.49. The minimum Gasteiger partial charge on any atom is -0.477 e. The van der Waals surface area contributed by atoms with Crippen LogP contribution in [0.2, 0.25) is 0 Å². The number of carbonyl (C=O) groups is 2. The fourth-order valence-corrected chi connectivity index (χ4v) is 2.13. The number of hydrogen-bond acceptors (Lipinski definition) is 3. The Labute approximate surface area is 120 Å². The first-order valence-electron chi connectivity index (χ1n) is 6.11. The van der Waals surface area contributed by atoms with Gasteiger partial charge in [-0.2, -0.15) is 0 Å². The summed E-state index contributed by atoms with van der Waals surface area (Å²) in [5, 5.41) is 14.6. The second kappa shape index (κ2) is 5.54. The monoisotopic (exact) mass is 298 g/mol. The molecule has 1 heterocycles. The van der Waals surface area contributed by atoms with Crippen LogP contribution in [0.5, 0.6) is 0 Å². The van der Waals surface area contributed by atoms with Crippen LogP contribution in [0.3, 0.4) is 0 Å². The summed E-state index contributed by atoms with van der Waals surface area (Å²) < 4.78 is 0. The van der Waals surface area contributed by atoms with E-state index in [-0.39, 0.29) is 18.3 Å². The highest BCUT2D eigenvalue weighted by Crippen LogP contribution is 2.39. The summed E-state index contributed by atoms with van der Waals surface area (Å²) in [5.41, 5.74) is -0.631. The lowest BCUT2D eigenvalue weighted by Crippen LogP contribution is -2.54. The normalized spacial score (nSPS) is 16.1. The Balaban J connectivity index is 2.07. The third-order valence-electron chi connectivity index (χ3n) is 3.26. The fourth-order valence-electron chi connectivity index (χ4n) is 2.06. The number of rotatable bonds is 5. The van der Waals surface area contributed by atoms with E-state index < -0.39 is 11.5 Å². The largest absolute Gasteiger partial charge is 0.477 e. The van der Waals surface area contributed by atoms with Gasteiger partial charge < -0.3 is 20.7 Å². The maximum Gasteiger partial charge on any atom is 0.353 e. The molecule has 0 bridgehead atoms. The molecule has 2 amide bonds. The Morgan fingerprint density at radius 1 is 1.55 bits per heavy atom. The fraction of sp³-hybridized carbons (Fsp3) is 0.417. The molecule has 0 aliphatic heterocycles. The predicted octanol–water partition coefficient (Wildman–Crippen LogP) is 1.54. The molecule has 0 atom stereocenters. The van der Waals surface area contributed by atoms with E-state index in [2.05, 4.69) is 27.2 Å². The molecule has 0 aromatic carbocycles. The number of H-pyrrole nitrogens is 1. The maximum atomic E-state index is 11.8.